The fourth-order valence-electron chi connectivity index (χ4n) is 3.49. The number of fused-ring (bicyclic) bond motifs is 1. The lowest BCUT2D eigenvalue weighted by atomic mass is 9.89. The molecule has 0 spiro atoms. The van der Waals surface area contributed by atoms with Crippen LogP contribution in [-0.4, -0.2) is 38.1 Å². The molecule has 35 heavy (non-hydrogen) atoms. The van der Waals surface area contributed by atoms with Crippen molar-refractivity contribution in [3.05, 3.63) is 82.5 Å². The van der Waals surface area contributed by atoms with Crippen molar-refractivity contribution in [3.8, 4) is 11.1 Å². The van der Waals surface area contributed by atoms with Gasteiger partial charge in [0.05, 0.1) is 17.1 Å². The van der Waals surface area contributed by atoms with E-state index in [1.807, 2.05) is 5.32 Å². The van der Waals surface area contributed by atoms with E-state index in [0.29, 0.717) is 11.2 Å². The average molecular weight is 508 g/mol. The predicted octanol–water partition coefficient (Wildman–Crippen LogP) is 4.18. The number of nitrogens with one attached hydrogen (secondary N) is 1. The van der Waals surface area contributed by atoms with E-state index in [4.69, 9.17) is 17.3 Å². The van der Waals surface area contributed by atoms with E-state index < -0.39 is 41.2 Å². The number of hydrogen-bond acceptors (Lipinski definition) is 5. The molecule has 2 aromatic heterocycles. The van der Waals surface area contributed by atoms with Crippen LogP contribution in [0.1, 0.15) is 22.8 Å². The van der Waals surface area contributed by atoms with E-state index in [2.05, 4.69) is 10.1 Å². The maximum absolute atomic E-state index is 15.3. The molecule has 0 fully saturated rings. The summed E-state index contributed by atoms with van der Waals surface area (Å²) in [6.07, 6.45) is 1.49. The van der Waals surface area contributed by atoms with Crippen molar-refractivity contribution in [1.29, 1.82) is 0 Å². The predicted molar refractivity (Wildman–Crippen MR) is 121 cm³/mol. The summed E-state index contributed by atoms with van der Waals surface area (Å²) in [5.74, 6) is -6.81. The zero-order valence-electron chi connectivity index (χ0n) is 18.1. The quantitative estimate of drug-likeness (QED) is 0.339. The van der Waals surface area contributed by atoms with E-state index in [-0.39, 0.29) is 22.1 Å². The number of hydrogen-bond donors (Lipinski definition) is 3. The van der Waals surface area contributed by atoms with Gasteiger partial charge in [-0.05, 0) is 54.4 Å². The molecule has 4 N–H and O–H groups in total. The lowest BCUT2D eigenvalue weighted by Crippen LogP contribution is -2.50. The number of rotatable bonds is 6. The summed E-state index contributed by atoms with van der Waals surface area (Å²) < 4.78 is 59.5. The van der Waals surface area contributed by atoms with Gasteiger partial charge in [0.2, 0.25) is 5.95 Å². The first-order chi connectivity index (χ1) is 16.4. The van der Waals surface area contributed by atoms with E-state index in [1.165, 1.54) is 35.0 Å². The first kappa shape index (κ1) is 24.4. The second-order valence-corrected chi connectivity index (χ2v) is 8.35. The summed E-state index contributed by atoms with van der Waals surface area (Å²) in [4.78, 5) is 16.7. The smallest absolute Gasteiger partial charge is 0.296 e. The molecule has 2 heterocycles. The van der Waals surface area contributed by atoms with Gasteiger partial charge in [0.1, 0.15) is 11.6 Å². The monoisotopic (exact) mass is 507 g/mol. The molecule has 2 aromatic carbocycles. The Hall–Kier alpha value is -3.70. The van der Waals surface area contributed by atoms with Crippen molar-refractivity contribution in [2.45, 2.75) is 18.4 Å². The van der Waals surface area contributed by atoms with Crippen LogP contribution in [0.25, 0.3) is 16.8 Å². The maximum Gasteiger partial charge on any atom is 0.296 e. The van der Waals surface area contributed by atoms with Crippen LogP contribution in [0.5, 0.6) is 0 Å². The van der Waals surface area contributed by atoms with Gasteiger partial charge in [-0.15, -0.1) is 5.10 Å². The molecule has 0 saturated heterocycles. The SMILES string of the molecule is C[C@@](O)(c1ccc(F)cc1)C(F)(F)CNC(=O)c1c(Cl)ccc(-c2ccn3nc(N)nc3c2)c1F. The van der Waals surface area contributed by atoms with Gasteiger partial charge in [-0.1, -0.05) is 23.7 Å². The number of nitrogens with two attached hydrogens (primary N) is 1. The molecule has 7 nitrogen and oxygen atoms in total. The average Bonchev–Trinajstić information content (AvgIpc) is 3.17. The van der Waals surface area contributed by atoms with Gasteiger partial charge in [0, 0.05) is 11.8 Å². The van der Waals surface area contributed by atoms with E-state index in [0.717, 1.165) is 31.2 Å². The number of carbonyl (C=O) groups excluding carboxylic acids is 1. The third kappa shape index (κ3) is 4.52. The minimum atomic E-state index is -3.90. The molecule has 0 unspecified atom stereocenters. The number of aromatic nitrogens is 3. The van der Waals surface area contributed by atoms with Crippen LogP contribution in [0.3, 0.4) is 0 Å². The summed E-state index contributed by atoms with van der Waals surface area (Å²) in [6.45, 7) is -0.519. The third-order valence-corrected chi connectivity index (χ3v) is 5.89. The molecule has 12 heteroatoms. The maximum atomic E-state index is 15.3. The zero-order chi connectivity index (χ0) is 25.5. The van der Waals surface area contributed by atoms with Gasteiger partial charge in [-0.25, -0.2) is 22.1 Å². The summed E-state index contributed by atoms with van der Waals surface area (Å²) >= 11 is 6.02. The second kappa shape index (κ2) is 8.82. The number of halogens is 5. The molecule has 0 aliphatic heterocycles. The summed E-state index contributed by atoms with van der Waals surface area (Å²) in [5.41, 5.74) is 2.48. The number of alkyl halides is 2. The molecular formula is C23H18ClF4N5O2. The van der Waals surface area contributed by atoms with Gasteiger partial charge in [0.25, 0.3) is 11.8 Å². The van der Waals surface area contributed by atoms with Crippen molar-refractivity contribution in [2.24, 2.45) is 0 Å². The largest absolute Gasteiger partial charge is 0.379 e. The minimum absolute atomic E-state index is 0.0104. The number of anilines is 1. The van der Waals surface area contributed by atoms with Gasteiger partial charge >= 0.3 is 0 Å². The van der Waals surface area contributed by atoms with E-state index >= 15 is 4.39 Å². The highest BCUT2D eigenvalue weighted by Gasteiger charge is 2.50. The number of pyridine rings is 1. The number of nitrogens with zero attached hydrogens (tertiary/aromatic N) is 3. The van der Waals surface area contributed by atoms with Gasteiger partial charge < -0.3 is 16.2 Å². The molecule has 0 saturated carbocycles. The Balaban J connectivity index is 1.60. The van der Waals surface area contributed by atoms with Gasteiger partial charge in [-0.3, -0.25) is 4.79 Å². The molecular weight excluding hydrogens is 490 g/mol. The van der Waals surface area contributed by atoms with Crippen LogP contribution in [0, 0.1) is 11.6 Å². The molecule has 1 atom stereocenters. The molecule has 182 valence electrons. The molecule has 1 amide bonds. The molecule has 0 aliphatic carbocycles. The van der Waals surface area contributed by atoms with E-state index in [9.17, 15) is 23.1 Å². The lowest BCUT2D eigenvalue weighted by Gasteiger charge is -2.33. The Labute approximate surface area is 201 Å². The zero-order valence-corrected chi connectivity index (χ0v) is 18.8. The Morgan fingerprint density at radius 2 is 1.86 bits per heavy atom. The van der Waals surface area contributed by atoms with Crippen LogP contribution in [-0.2, 0) is 5.60 Å². The Bertz CT molecular complexity index is 1420. The van der Waals surface area contributed by atoms with Crippen LogP contribution in [0.2, 0.25) is 5.02 Å². The highest BCUT2D eigenvalue weighted by atomic mass is 35.5. The van der Waals surface area contributed by atoms with Crippen molar-refractivity contribution >= 4 is 29.1 Å². The first-order valence-electron chi connectivity index (χ1n) is 10.2. The molecule has 0 bridgehead atoms. The van der Waals surface area contributed by atoms with Crippen LogP contribution >= 0.6 is 11.6 Å². The number of nitrogen functional groups attached to an aromatic ring is 1. The third-order valence-electron chi connectivity index (χ3n) is 5.57. The van der Waals surface area contributed by atoms with Crippen LogP contribution in [0.4, 0.5) is 23.5 Å². The topological polar surface area (TPSA) is 106 Å². The van der Waals surface area contributed by atoms with Crippen molar-refractivity contribution in [3.63, 3.8) is 0 Å². The van der Waals surface area contributed by atoms with Gasteiger partial charge in [0.15, 0.2) is 11.2 Å². The number of benzene rings is 2. The van der Waals surface area contributed by atoms with Crippen molar-refractivity contribution in [1.82, 2.24) is 19.9 Å². The number of aliphatic hydroxyl groups is 1. The van der Waals surface area contributed by atoms with Gasteiger partial charge in [-0.2, -0.15) is 4.98 Å². The Morgan fingerprint density at radius 3 is 2.54 bits per heavy atom. The number of carbonyl (C=O) groups is 1. The summed E-state index contributed by atoms with van der Waals surface area (Å²) in [6, 6.07) is 9.41. The molecule has 0 radical (unpaired) electrons. The fraction of sp³-hybridized carbons (Fsp3) is 0.174. The van der Waals surface area contributed by atoms with Crippen LogP contribution < -0.4 is 11.1 Å². The molecule has 0 aliphatic rings. The Kier molecular flexibility index (Phi) is 6.16. The number of amides is 1. The van der Waals surface area contributed by atoms with E-state index in [1.54, 1.807) is 0 Å². The summed E-state index contributed by atoms with van der Waals surface area (Å²) in [7, 11) is 0. The van der Waals surface area contributed by atoms with Crippen molar-refractivity contribution in [2.75, 3.05) is 12.3 Å². The van der Waals surface area contributed by atoms with Crippen LogP contribution in [0.15, 0.2) is 54.7 Å². The summed E-state index contributed by atoms with van der Waals surface area (Å²) in [5, 5.41) is 16.0. The fourth-order valence-corrected chi connectivity index (χ4v) is 3.72. The second-order valence-electron chi connectivity index (χ2n) is 7.94. The molecule has 4 rings (SSSR count). The standard InChI is InChI=1S/C23H18ClF4N5O2/c1-22(35,13-2-4-14(25)5-3-13)23(27,28)11-30-20(34)18-16(24)7-6-15(19(18)26)12-8-9-33-17(10-12)31-21(29)32-33/h2-10,35H,11H2,1H3,(H2,29,32)(H,30,34)/t22-/m1/s1. The minimum Gasteiger partial charge on any atom is -0.379 e. The lowest BCUT2D eigenvalue weighted by molar-refractivity contribution is -0.173. The molecule has 4 aromatic rings. The Morgan fingerprint density at radius 1 is 1.17 bits per heavy atom. The first-order valence-corrected chi connectivity index (χ1v) is 10.5. The normalized spacial score (nSPS) is 13.6. The highest BCUT2D eigenvalue weighted by molar-refractivity contribution is 6.34. The highest BCUT2D eigenvalue weighted by Crippen LogP contribution is 2.37. The van der Waals surface area contributed by atoms with Crippen molar-refractivity contribution < 1.29 is 27.5 Å².